The third kappa shape index (κ3) is 3.37. The average molecular weight is 279 g/mol. The first-order chi connectivity index (χ1) is 9.14. The number of benzene rings is 1. The van der Waals surface area contributed by atoms with E-state index in [9.17, 15) is 8.42 Å². The summed E-state index contributed by atoms with van der Waals surface area (Å²) < 4.78 is 23.2. The van der Waals surface area contributed by atoms with Gasteiger partial charge in [-0.25, -0.2) is 8.42 Å². The van der Waals surface area contributed by atoms with E-state index in [2.05, 4.69) is 29.6 Å². The molecule has 0 amide bonds. The molecule has 1 N–H and O–H groups in total. The van der Waals surface area contributed by atoms with Crippen molar-refractivity contribution in [2.75, 3.05) is 11.5 Å². The van der Waals surface area contributed by atoms with Crippen LogP contribution in [0.5, 0.6) is 0 Å². The first kappa shape index (κ1) is 13.1. The fourth-order valence-corrected chi connectivity index (χ4v) is 4.60. The van der Waals surface area contributed by atoms with Gasteiger partial charge in [-0.2, -0.15) is 0 Å². The molecular formula is C15H21NO2S. The Kier molecular flexibility index (Phi) is 3.63. The Bertz CT molecular complexity index is 549. The fraction of sp³-hybridized carbons (Fsp3) is 0.600. The van der Waals surface area contributed by atoms with Crippen LogP contribution >= 0.6 is 0 Å². The lowest BCUT2D eigenvalue weighted by molar-refractivity contribution is 0.479. The molecule has 1 atom stereocenters. The molecule has 3 rings (SSSR count). The zero-order valence-electron chi connectivity index (χ0n) is 11.1. The van der Waals surface area contributed by atoms with Gasteiger partial charge in [-0.3, -0.25) is 0 Å². The third-order valence-corrected chi connectivity index (χ3v) is 5.94. The highest BCUT2D eigenvalue weighted by Crippen LogP contribution is 2.41. The molecule has 2 fully saturated rings. The zero-order chi connectivity index (χ0) is 13.3. The quantitative estimate of drug-likeness (QED) is 0.919. The molecule has 19 heavy (non-hydrogen) atoms. The average Bonchev–Trinajstić information content (AvgIpc) is 3.20. The van der Waals surface area contributed by atoms with Gasteiger partial charge in [0.2, 0.25) is 0 Å². The molecule has 1 aromatic rings. The van der Waals surface area contributed by atoms with Crippen LogP contribution in [-0.2, 0) is 16.4 Å². The standard InChI is InChI=1S/C15H21NO2S/c17-19(18)9-3-5-14(11-19)16-10-13-4-1-2-6-15(13)12-7-8-12/h1-2,4,6,12,14,16H,3,5,7-11H2. The predicted molar refractivity (Wildman–Crippen MR) is 76.9 cm³/mol. The third-order valence-electron chi connectivity index (χ3n) is 4.12. The number of nitrogens with one attached hydrogen (secondary N) is 1. The van der Waals surface area contributed by atoms with Crippen molar-refractivity contribution in [2.24, 2.45) is 0 Å². The molecule has 1 aliphatic heterocycles. The summed E-state index contributed by atoms with van der Waals surface area (Å²) in [7, 11) is -2.81. The van der Waals surface area contributed by atoms with Crippen molar-refractivity contribution >= 4 is 9.84 Å². The predicted octanol–water partition coefficient (Wildman–Crippen LogP) is 2.23. The van der Waals surface area contributed by atoms with Gasteiger partial charge >= 0.3 is 0 Å². The molecule has 1 aromatic carbocycles. The lowest BCUT2D eigenvalue weighted by atomic mass is 10.0. The summed E-state index contributed by atoms with van der Waals surface area (Å²) in [6.07, 6.45) is 4.37. The molecule has 4 heteroatoms. The van der Waals surface area contributed by atoms with Gasteiger partial charge in [0.05, 0.1) is 11.5 Å². The highest BCUT2D eigenvalue weighted by Gasteiger charge is 2.27. The van der Waals surface area contributed by atoms with Crippen LogP contribution in [0.15, 0.2) is 24.3 Å². The number of rotatable bonds is 4. The van der Waals surface area contributed by atoms with Gasteiger partial charge in [-0.1, -0.05) is 24.3 Å². The Morgan fingerprint density at radius 3 is 2.68 bits per heavy atom. The number of hydrogen-bond donors (Lipinski definition) is 1. The summed E-state index contributed by atoms with van der Waals surface area (Å²) in [5.74, 6) is 1.41. The van der Waals surface area contributed by atoms with E-state index in [-0.39, 0.29) is 6.04 Å². The molecule has 1 unspecified atom stereocenters. The maximum Gasteiger partial charge on any atom is 0.151 e. The molecule has 1 aliphatic carbocycles. The van der Waals surface area contributed by atoms with Gasteiger partial charge in [-0.05, 0) is 42.7 Å². The summed E-state index contributed by atoms with van der Waals surface area (Å²) in [5, 5.41) is 3.44. The van der Waals surface area contributed by atoms with Gasteiger partial charge < -0.3 is 5.32 Å². The van der Waals surface area contributed by atoms with E-state index >= 15 is 0 Å². The van der Waals surface area contributed by atoms with Crippen molar-refractivity contribution in [2.45, 2.75) is 44.2 Å². The molecule has 0 radical (unpaired) electrons. The van der Waals surface area contributed by atoms with Gasteiger partial charge in [0.25, 0.3) is 0 Å². The van der Waals surface area contributed by atoms with Crippen molar-refractivity contribution in [3.63, 3.8) is 0 Å². The van der Waals surface area contributed by atoms with Crippen LogP contribution in [0.3, 0.4) is 0 Å². The Morgan fingerprint density at radius 2 is 1.95 bits per heavy atom. The van der Waals surface area contributed by atoms with Crippen LogP contribution < -0.4 is 5.32 Å². The van der Waals surface area contributed by atoms with Crippen molar-refractivity contribution in [1.82, 2.24) is 5.32 Å². The molecule has 0 aromatic heterocycles. The lowest BCUT2D eigenvalue weighted by Crippen LogP contribution is -2.39. The topological polar surface area (TPSA) is 46.2 Å². The molecule has 0 spiro atoms. The first-order valence-corrected chi connectivity index (χ1v) is 8.98. The first-order valence-electron chi connectivity index (χ1n) is 7.16. The monoisotopic (exact) mass is 279 g/mol. The normalized spacial score (nSPS) is 26.2. The second kappa shape index (κ2) is 5.25. The van der Waals surface area contributed by atoms with Crippen molar-refractivity contribution < 1.29 is 8.42 Å². The summed E-state index contributed by atoms with van der Waals surface area (Å²) in [4.78, 5) is 0. The Balaban J connectivity index is 1.63. The molecule has 2 aliphatic rings. The fourth-order valence-electron chi connectivity index (χ4n) is 2.93. The van der Waals surface area contributed by atoms with Gasteiger partial charge in [0, 0.05) is 12.6 Å². The Morgan fingerprint density at radius 1 is 1.16 bits per heavy atom. The summed E-state index contributed by atoms with van der Waals surface area (Å²) >= 11 is 0. The molecule has 1 heterocycles. The smallest absolute Gasteiger partial charge is 0.151 e. The van der Waals surface area contributed by atoms with E-state index in [0.717, 1.165) is 25.3 Å². The summed E-state index contributed by atoms with van der Waals surface area (Å²) in [5.41, 5.74) is 2.79. The van der Waals surface area contributed by atoms with Gasteiger partial charge in [-0.15, -0.1) is 0 Å². The second-order valence-corrected chi connectivity index (χ2v) is 8.04. The van der Waals surface area contributed by atoms with E-state index in [1.165, 1.54) is 24.0 Å². The van der Waals surface area contributed by atoms with Crippen LogP contribution in [0.1, 0.15) is 42.7 Å². The van der Waals surface area contributed by atoms with Gasteiger partial charge in [0.15, 0.2) is 9.84 Å². The number of sulfone groups is 1. The SMILES string of the molecule is O=S1(=O)CCCC(NCc2ccccc2C2CC2)C1. The maximum absolute atomic E-state index is 11.6. The second-order valence-electron chi connectivity index (χ2n) is 5.81. The zero-order valence-corrected chi connectivity index (χ0v) is 12.0. The van der Waals surface area contributed by atoms with Crippen LogP contribution in [0, 0.1) is 0 Å². The molecular weight excluding hydrogens is 258 g/mol. The highest BCUT2D eigenvalue weighted by atomic mass is 32.2. The molecule has 0 bridgehead atoms. The van der Waals surface area contributed by atoms with Crippen LogP contribution in [-0.4, -0.2) is 26.0 Å². The minimum absolute atomic E-state index is 0.131. The Hall–Kier alpha value is -0.870. The van der Waals surface area contributed by atoms with E-state index in [0.29, 0.717) is 11.5 Å². The highest BCUT2D eigenvalue weighted by molar-refractivity contribution is 7.91. The van der Waals surface area contributed by atoms with Crippen molar-refractivity contribution in [1.29, 1.82) is 0 Å². The lowest BCUT2D eigenvalue weighted by Gasteiger charge is -2.23. The number of hydrogen-bond acceptors (Lipinski definition) is 3. The van der Waals surface area contributed by atoms with Crippen LogP contribution in [0.4, 0.5) is 0 Å². The van der Waals surface area contributed by atoms with Gasteiger partial charge in [0.1, 0.15) is 0 Å². The maximum atomic E-state index is 11.6. The van der Waals surface area contributed by atoms with E-state index in [1.807, 2.05) is 0 Å². The molecule has 1 saturated heterocycles. The molecule has 104 valence electrons. The Labute approximate surface area is 115 Å². The van der Waals surface area contributed by atoms with Crippen molar-refractivity contribution in [3.05, 3.63) is 35.4 Å². The summed E-state index contributed by atoms with van der Waals surface area (Å²) in [6.45, 7) is 0.798. The van der Waals surface area contributed by atoms with Crippen LogP contribution in [0.2, 0.25) is 0 Å². The van der Waals surface area contributed by atoms with E-state index in [1.54, 1.807) is 0 Å². The molecule has 1 saturated carbocycles. The van der Waals surface area contributed by atoms with Crippen LogP contribution in [0.25, 0.3) is 0 Å². The van der Waals surface area contributed by atoms with Crippen molar-refractivity contribution in [3.8, 4) is 0 Å². The minimum Gasteiger partial charge on any atom is -0.309 e. The van der Waals surface area contributed by atoms with E-state index < -0.39 is 9.84 Å². The summed E-state index contributed by atoms with van der Waals surface area (Å²) in [6, 6.07) is 8.68. The molecule has 3 nitrogen and oxygen atoms in total. The largest absolute Gasteiger partial charge is 0.309 e. The minimum atomic E-state index is -2.81. The van der Waals surface area contributed by atoms with E-state index in [4.69, 9.17) is 0 Å².